The molecule has 0 aromatic heterocycles. The molecule has 0 radical (unpaired) electrons. The molecule has 0 aliphatic rings. The Morgan fingerprint density at radius 1 is 1.40 bits per heavy atom. The molecule has 0 amide bonds. The topological polar surface area (TPSA) is 32.3 Å². The van der Waals surface area contributed by atoms with E-state index in [2.05, 4.69) is 19.2 Å². The van der Waals surface area contributed by atoms with Crippen molar-refractivity contribution in [2.75, 3.05) is 6.54 Å². The molecule has 0 aliphatic carbocycles. The quantitative estimate of drug-likeness (QED) is 0.809. The molecule has 2 nitrogen and oxygen atoms in total. The van der Waals surface area contributed by atoms with Gasteiger partial charge in [0.25, 0.3) is 0 Å². The molecule has 3 heteroatoms. The van der Waals surface area contributed by atoms with Crippen LogP contribution in [0.1, 0.15) is 19.4 Å². The van der Waals surface area contributed by atoms with Crippen LogP contribution in [0.4, 0.5) is 0 Å². The van der Waals surface area contributed by atoms with Gasteiger partial charge in [-0.3, -0.25) is 0 Å². The third-order valence-corrected chi connectivity index (χ3v) is 2.36. The molecule has 0 aliphatic heterocycles. The normalized spacial score (nSPS) is 13.1. The highest BCUT2D eigenvalue weighted by molar-refractivity contribution is 6.30. The van der Waals surface area contributed by atoms with E-state index >= 15 is 0 Å². The first kappa shape index (κ1) is 12.5. The average molecular weight is 228 g/mol. The van der Waals surface area contributed by atoms with Crippen LogP contribution in [0, 0.1) is 0 Å². The Balaban J connectivity index is 2.40. The van der Waals surface area contributed by atoms with Gasteiger partial charge in [0.2, 0.25) is 0 Å². The van der Waals surface area contributed by atoms with Crippen molar-refractivity contribution < 1.29 is 5.11 Å². The summed E-state index contributed by atoms with van der Waals surface area (Å²) in [6, 6.07) is 8.01. The highest BCUT2D eigenvalue weighted by Crippen LogP contribution is 2.12. The Hall–Kier alpha value is -0.570. The van der Waals surface area contributed by atoms with Crippen LogP contribution in [0.3, 0.4) is 0 Å². The Kier molecular flexibility index (Phi) is 5.09. The molecule has 2 N–H and O–H groups in total. The molecule has 84 valence electrons. The summed E-state index contributed by atoms with van der Waals surface area (Å²) >= 11 is 5.86. The Bertz CT molecular complexity index is 301. The van der Waals surface area contributed by atoms with Crippen LogP contribution < -0.4 is 5.32 Å². The van der Waals surface area contributed by atoms with E-state index in [1.165, 1.54) is 0 Å². The van der Waals surface area contributed by atoms with Gasteiger partial charge >= 0.3 is 0 Å². The first-order valence-electron chi connectivity index (χ1n) is 5.24. The average Bonchev–Trinajstić information content (AvgIpc) is 2.15. The number of benzene rings is 1. The molecule has 0 heterocycles. The van der Waals surface area contributed by atoms with Gasteiger partial charge in [0.1, 0.15) is 0 Å². The minimum atomic E-state index is -0.356. The molecule has 0 spiro atoms. The summed E-state index contributed by atoms with van der Waals surface area (Å²) < 4.78 is 0. The van der Waals surface area contributed by atoms with Gasteiger partial charge in [-0.1, -0.05) is 37.6 Å². The van der Waals surface area contributed by atoms with E-state index in [0.717, 1.165) is 10.6 Å². The lowest BCUT2D eigenvalue weighted by atomic mass is 10.1. The molecule has 1 rings (SSSR count). The monoisotopic (exact) mass is 227 g/mol. The lowest BCUT2D eigenvalue weighted by molar-refractivity contribution is 0.169. The second-order valence-corrected chi connectivity index (χ2v) is 4.49. The summed E-state index contributed by atoms with van der Waals surface area (Å²) in [6.07, 6.45) is 0.283. The number of hydrogen-bond donors (Lipinski definition) is 2. The largest absolute Gasteiger partial charge is 0.391 e. The second-order valence-electron chi connectivity index (χ2n) is 4.05. The van der Waals surface area contributed by atoms with Crippen molar-refractivity contribution in [3.05, 3.63) is 34.9 Å². The van der Waals surface area contributed by atoms with E-state index in [1.807, 2.05) is 24.3 Å². The van der Waals surface area contributed by atoms with Gasteiger partial charge in [0, 0.05) is 17.6 Å². The van der Waals surface area contributed by atoms with Crippen LogP contribution >= 0.6 is 11.6 Å². The summed E-state index contributed by atoms with van der Waals surface area (Å²) in [6.45, 7) is 4.74. The highest BCUT2D eigenvalue weighted by Gasteiger charge is 2.06. The summed E-state index contributed by atoms with van der Waals surface area (Å²) in [5.41, 5.74) is 1.07. The van der Waals surface area contributed by atoms with Crippen molar-refractivity contribution in [2.24, 2.45) is 0 Å². The molecule has 1 aromatic rings. The van der Waals surface area contributed by atoms with Crippen molar-refractivity contribution in [1.82, 2.24) is 5.32 Å². The second kappa shape index (κ2) is 6.11. The number of aliphatic hydroxyl groups excluding tert-OH is 1. The maximum Gasteiger partial charge on any atom is 0.0704 e. The van der Waals surface area contributed by atoms with Crippen molar-refractivity contribution >= 4 is 11.6 Å². The summed E-state index contributed by atoms with van der Waals surface area (Å²) in [7, 11) is 0. The van der Waals surface area contributed by atoms with Crippen LogP contribution in [-0.2, 0) is 6.42 Å². The Morgan fingerprint density at radius 3 is 2.73 bits per heavy atom. The van der Waals surface area contributed by atoms with Gasteiger partial charge in [0.15, 0.2) is 0 Å². The van der Waals surface area contributed by atoms with Gasteiger partial charge in [0.05, 0.1) is 6.10 Å². The molecule has 0 fully saturated rings. The van der Waals surface area contributed by atoms with E-state index in [9.17, 15) is 5.11 Å². The van der Waals surface area contributed by atoms with Crippen molar-refractivity contribution in [2.45, 2.75) is 32.4 Å². The summed E-state index contributed by atoms with van der Waals surface area (Å²) in [4.78, 5) is 0. The van der Waals surface area contributed by atoms with Crippen molar-refractivity contribution in [1.29, 1.82) is 0 Å². The molecule has 1 atom stereocenters. The molecule has 1 aromatic carbocycles. The van der Waals surface area contributed by atoms with E-state index in [-0.39, 0.29) is 6.10 Å². The van der Waals surface area contributed by atoms with E-state index < -0.39 is 0 Å². The Morgan fingerprint density at radius 2 is 2.13 bits per heavy atom. The van der Waals surface area contributed by atoms with Gasteiger partial charge in [-0.2, -0.15) is 0 Å². The van der Waals surface area contributed by atoms with Crippen LogP contribution in [0.15, 0.2) is 24.3 Å². The van der Waals surface area contributed by atoms with Crippen LogP contribution in [0.2, 0.25) is 5.02 Å². The predicted molar refractivity (Wildman–Crippen MR) is 64.3 cm³/mol. The third-order valence-electron chi connectivity index (χ3n) is 2.12. The first-order valence-corrected chi connectivity index (χ1v) is 5.61. The number of halogens is 1. The molecule has 0 saturated carbocycles. The van der Waals surface area contributed by atoms with Crippen molar-refractivity contribution in [3.63, 3.8) is 0 Å². The maximum absolute atomic E-state index is 9.74. The fraction of sp³-hybridized carbons (Fsp3) is 0.500. The number of rotatable bonds is 5. The summed E-state index contributed by atoms with van der Waals surface area (Å²) in [5, 5.41) is 13.7. The standard InChI is InChI=1S/C12H18ClNO/c1-9(2)14-8-12(15)7-10-4-3-5-11(13)6-10/h3-6,9,12,14-15H,7-8H2,1-2H3. The molecule has 1 unspecified atom stereocenters. The van der Waals surface area contributed by atoms with Gasteiger partial charge < -0.3 is 10.4 Å². The van der Waals surface area contributed by atoms with E-state index in [0.29, 0.717) is 19.0 Å². The van der Waals surface area contributed by atoms with Gasteiger partial charge in [-0.15, -0.1) is 0 Å². The fourth-order valence-electron chi connectivity index (χ4n) is 1.38. The zero-order valence-corrected chi connectivity index (χ0v) is 9.96. The first-order chi connectivity index (χ1) is 7.08. The zero-order chi connectivity index (χ0) is 11.3. The minimum Gasteiger partial charge on any atom is -0.391 e. The fourth-order valence-corrected chi connectivity index (χ4v) is 1.59. The van der Waals surface area contributed by atoms with Crippen molar-refractivity contribution in [3.8, 4) is 0 Å². The Labute approximate surface area is 96.3 Å². The third kappa shape index (κ3) is 5.17. The predicted octanol–water partition coefficient (Wildman–Crippen LogP) is 2.24. The number of hydrogen-bond acceptors (Lipinski definition) is 2. The van der Waals surface area contributed by atoms with E-state index in [4.69, 9.17) is 11.6 Å². The number of nitrogens with one attached hydrogen (secondary N) is 1. The smallest absolute Gasteiger partial charge is 0.0704 e. The maximum atomic E-state index is 9.74. The summed E-state index contributed by atoms with van der Waals surface area (Å²) in [5.74, 6) is 0. The minimum absolute atomic E-state index is 0.356. The molecule has 0 bridgehead atoms. The van der Waals surface area contributed by atoms with Crippen LogP contribution in [0.25, 0.3) is 0 Å². The zero-order valence-electron chi connectivity index (χ0n) is 9.20. The molecule has 15 heavy (non-hydrogen) atoms. The molecular weight excluding hydrogens is 210 g/mol. The van der Waals surface area contributed by atoms with Crippen LogP contribution in [-0.4, -0.2) is 23.8 Å². The SMILES string of the molecule is CC(C)NCC(O)Cc1cccc(Cl)c1. The van der Waals surface area contributed by atoms with Crippen LogP contribution in [0.5, 0.6) is 0 Å². The molecular formula is C12H18ClNO. The van der Waals surface area contributed by atoms with Gasteiger partial charge in [-0.05, 0) is 24.1 Å². The number of aliphatic hydroxyl groups is 1. The molecule has 0 saturated heterocycles. The lowest BCUT2D eigenvalue weighted by Gasteiger charge is -2.14. The highest BCUT2D eigenvalue weighted by atomic mass is 35.5. The van der Waals surface area contributed by atoms with Gasteiger partial charge in [-0.25, -0.2) is 0 Å². The lowest BCUT2D eigenvalue weighted by Crippen LogP contribution is -2.32. The van der Waals surface area contributed by atoms with E-state index in [1.54, 1.807) is 0 Å².